The summed E-state index contributed by atoms with van der Waals surface area (Å²) in [5, 5.41) is 3.34. The minimum atomic E-state index is -3.44. The first kappa shape index (κ1) is 23.9. The SMILES string of the molecule is Cn1c([Si](F)(C(C)(C)C)C(C)(C)C)cc2cc(OCC(=O)NCc3cccnc3)cnc21. The molecule has 0 aliphatic heterocycles. The Kier molecular flexibility index (Phi) is 6.47. The van der Waals surface area contributed by atoms with Crippen molar-refractivity contribution < 1.29 is 13.6 Å². The third-order valence-corrected chi connectivity index (χ3v) is 11.2. The molecule has 0 radical (unpaired) electrons. The van der Waals surface area contributed by atoms with Crippen LogP contribution in [0.4, 0.5) is 4.11 Å². The molecule has 0 aliphatic carbocycles. The van der Waals surface area contributed by atoms with Gasteiger partial charge < -0.3 is 18.7 Å². The highest BCUT2D eigenvalue weighted by atomic mass is 28.4. The average molecular weight is 457 g/mol. The normalized spacial score (nSPS) is 12.8. The Labute approximate surface area is 190 Å². The van der Waals surface area contributed by atoms with Crippen molar-refractivity contribution in [1.29, 1.82) is 0 Å². The summed E-state index contributed by atoms with van der Waals surface area (Å²) in [5.41, 5.74) is 1.62. The lowest BCUT2D eigenvalue weighted by atomic mass is 10.2. The van der Waals surface area contributed by atoms with Gasteiger partial charge in [-0.1, -0.05) is 47.6 Å². The molecule has 0 aromatic carbocycles. The van der Waals surface area contributed by atoms with Crippen molar-refractivity contribution >= 4 is 30.7 Å². The number of nitrogens with one attached hydrogen (secondary N) is 1. The van der Waals surface area contributed by atoms with Gasteiger partial charge in [-0.2, -0.15) is 0 Å². The van der Waals surface area contributed by atoms with Gasteiger partial charge >= 0.3 is 8.41 Å². The number of hydrogen-bond donors (Lipinski definition) is 1. The fraction of sp³-hybridized carbons (Fsp3) is 0.458. The molecule has 8 heteroatoms. The van der Waals surface area contributed by atoms with E-state index in [2.05, 4.69) is 15.3 Å². The van der Waals surface area contributed by atoms with Crippen LogP contribution in [0, 0.1) is 0 Å². The van der Waals surface area contributed by atoms with Crippen LogP contribution in [-0.4, -0.2) is 35.5 Å². The molecule has 0 saturated heterocycles. The number of aromatic nitrogens is 3. The van der Waals surface area contributed by atoms with Gasteiger partial charge in [-0.3, -0.25) is 9.78 Å². The topological polar surface area (TPSA) is 69.0 Å². The van der Waals surface area contributed by atoms with Crippen molar-refractivity contribution in [3.8, 4) is 5.75 Å². The van der Waals surface area contributed by atoms with E-state index in [1.54, 1.807) is 18.6 Å². The van der Waals surface area contributed by atoms with Gasteiger partial charge in [0.05, 0.1) is 6.20 Å². The predicted molar refractivity (Wildman–Crippen MR) is 128 cm³/mol. The summed E-state index contributed by atoms with van der Waals surface area (Å²) in [4.78, 5) is 20.7. The zero-order chi connectivity index (χ0) is 23.7. The van der Waals surface area contributed by atoms with Crippen LogP contribution in [0.1, 0.15) is 47.1 Å². The molecule has 172 valence electrons. The van der Waals surface area contributed by atoms with Crippen LogP contribution in [0.2, 0.25) is 10.1 Å². The van der Waals surface area contributed by atoms with Crippen LogP contribution >= 0.6 is 0 Å². The van der Waals surface area contributed by atoms with Crippen molar-refractivity contribution in [2.45, 2.75) is 58.2 Å². The second-order valence-corrected chi connectivity index (χ2v) is 15.1. The van der Waals surface area contributed by atoms with Crippen LogP contribution in [0.3, 0.4) is 0 Å². The number of carbonyl (C=O) groups is 1. The Hall–Kier alpha value is -2.74. The second-order valence-electron chi connectivity index (χ2n) is 10.3. The van der Waals surface area contributed by atoms with Crippen LogP contribution in [-0.2, 0) is 18.4 Å². The predicted octanol–water partition coefficient (Wildman–Crippen LogP) is 4.39. The van der Waals surface area contributed by atoms with E-state index < -0.39 is 18.5 Å². The standard InChI is InChI=1S/C24H33FN4O2Si/c1-23(2,3)32(25,24(4,5)6)21-12-18-11-19(15-28-22(18)29(21)7)31-16-20(30)27-14-17-9-8-10-26-13-17/h8-13,15H,14,16H2,1-7H3,(H,27,30). The number of fused-ring (bicyclic) bond motifs is 1. The van der Waals surface area contributed by atoms with E-state index in [1.807, 2.05) is 77.4 Å². The molecule has 3 rings (SSSR count). The highest BCUT2D eigenvalue weighted by Crippen LogP contribution is 2.51. The lowest BCUT2D eigenvalue weighted by molar-refractivity contribution is -0.123. The summed E-state index contributed by atoms with van der Waals surface area (Å²) >= 11 is 0. The van der Waals surface area contributed by atoms with E-state index in [9.17, 15) is 4.79 Å². The van der Waals surface area contributed by atoms with E-state index >= 15 is 4.11 Å². The molecule has 1 N–H and O–H groups in total. The number of pyridine rings is 2. The Bertz CT molecular complexity index is 1090. The molecular weight excluding hydrogens is 423 g/mol. The van der Waals surface area contributed by atoms with Gasteiger partial charge in [-0.15, -0.1) is 0 Å². The van der Waals surface area contributed by atoms with Gasteiger partial charge in [-0.05, 0) is 33.8 Å². The molecule has 0 bridgehead atoms. The van der Waals surface area contributed by atoms with E-state index in [0.717, 1.165) is 10.9 Å². The summed E-state index contributed by atoms with van der Waals surface area (Å²) in [5.74, 6) is 0.238. The molecule has 0 atom stereocenters. The summed E-state index contributed by atoms with van der Waals surface area (Å²) in [7, 11) is -1.57. The molecule has 0 aliphatic rings. The summed E-state index contributed by atoms with van der Waals surface area (Å²) in [6, 6.07) is 7.43. The first-order valence-corrected chi connectivity index (χ1v) is 12.7. The first-order chi connectivity index (χ1) is 14.8. The quantitative estimate of drug-likeness (QED) is 0.441. The fourth-order valence-corrected chi connectivity index (χ4v) is 9.11. The number of ether oxygens (including phenoxy) is 1. The summed E-state index contributed by atoms with van der Waals surface area (Å²) in [6.07, 6.45) is 4.97. The van der Waals surface area contributed by atoms with E-state index in [1.165, 1.54) is 0 Å². The molecule has 0 unspecified atom stereocenters. The molecule has 3 heterocycles. The summed E-state index contributed by atoms with van der Waals surface area (Å²) < 4.78 is 24.3. The summed E-state index contributed by atoms with van der Waals surface area (Å²) in [6.45, 7) is 12.1. The average Bonchev–Trinajstić information content (AvgIpc) is 3.05. The Morgan fingerprint density at radius 3 is 2.44 bits per heavy atom. The number of nitrogens with zero attached hydrogens (tertiary/aromatic N) is 3. The van der Waals surface area contributed by atoms with Crippen LogP contribution < -0.4 is 15.4 Å². The molecule has 3 aromatic heterocycles. The van der Waals surface area contributed by atoms with Crippen molar-refractivity contribution in [1.82, 2.24) is 19.9 Å². The van der Waals surface area contributed by atoms with Crippen molar-refractivity contribution in [2.75, 3.05) is 6.61 Å². The number of rotatable bonds is 6. The molecule has 1 amide bonds. The Morgan fingerprint density at radius 1 is 1.16 bits per heavy atom. The van der Waals surface area contributed by atoms with Gasteiger partial charge in [-0.25, -0.2) is 4.98 Å². The lowest BCUT2D eigenvalue weighted by Crippen LogP contribution is -2.60. The zero-order valence-electron chi connectivity index (χ0n) is 20.0. The number of carbonyl (C=O) groups excluding carboxylic acids is 1. The number of hydrogen-bond acceptors (Lipinski definition) is 4. The van der Waals surface area contributed by atoms with E-state index in [4.69, 9.17) is 4.74 Å². The molecule has 0 saturated carbocycles. The Balaban J connectivity index is 1.79. The third kappa shape index (κ3) is 4.55. The van der Waals surface area contributed by atoms with Gasteiger partial charge in [0.15, 0.2) is 6.61 Å². The first-order valence-electron chi connectivity index (χ1n) is 10.8. The Morgan fingerprint density at radius 2 is 1.84 bits per heavy atom. The van der Waals surface area contributed by atoms with Crippen LogP contribution in [0.5, 0.6) is 5.75 Å². The highest BCUT2D eigenvalue weighted by molar-refractivity contribution is 6.90. The van der Waals surface area contributed by atoms with Gasteiger partial charge in [0, 0.05) is 36.7 Å². The number of amides is 1. The smallest absolute Gasteiger partial charge is 0.304 e. The molecule has 32 heavy (non-hydrogen) atoms. The second kappa shape index (κ2) is 8.65. The van der Waals surface area contributed by atoms with Crippen molar-refractivity contribution in [2.24, 2.45) is 7.05 Å². The highest BCUT2D eigenvalue weighted by Gasteiger charge is 2.58. The minimum absolute atomic E-state index is 0.126. The van der Waals surface area contributed by atoms with Gasteiger partial charge in [0.25, 0.3) is 5.91 Å². The maximum atomic E-state index is 16.8. The molecule has 6 nitrogen and oxygen atoms in total. The molecule has 3 aromatic rings. The molecule has 0 fully saturated rings. The van der Waals surface area contributed by atoms with Gasteiger partial charge in [0.2, 0.25) is 0 Å². The maximum Gasteiger partial charge on any atom is 0.304 e. The fourth-order valence-electron chi connectivity index (χ4n) is 4.41. The third-order valence-electron chi connectivity index (χ3n) is 5.84. The largest absolute Gasteiger partial charge is 0.482 e. The van der Waals surface area contributed by atoms with Gasteiger partial charge in [0.1, 0.15) is 11.4 Å². The van der Waals surface area contributed by atoms with Crippen LogP contribution in [0.15, 0.2) is 42.9 Å². The number of halogens is 1. The zero-order valence-corrected chi connectivity index (χ0v) is 21.0. The molecular formula is C24H33FN4O2Si. The van der Waals surface area contributed by atoms with Crippen molar-refractivity contribution in [3.05, 3.63) is 48.4 Å². The van der Waals surface area contributed by atoms with Crippen molar-refractivity contribution in [3.63, 3.8) is 0 Å². The monoisotopic (exact) mass is 456 g/mol. The maximum absolute atomic E-state index is 16.8. The number of aryl methyl sites for hydroxylation is 1. The van der Waals surface area contributed by atoms with Crippen LogP contribution in [0.25, 0.3) is 11.0 Å². The van der Waals surface area contributed by atoms with E-state index in [-0.39, 0.29) is 12.5 Å². The lowest BCUT2D eigenvalue weighted by Gasteiger charge is -2.44. The van der Waals surface area contributed by atoms with E-state index in [0.29, 0.717) is 23.3 Å². The molecule has 0 spiro atoms. The minimum Gasteiger partial charge on any atom is -0.482 e.